The number of hydrogen-bond donors (Lipinski definition) is 2. The molecule has 156 valence electrons. The van der Waals surface area contributed by atoms with E-state index in [1.807, 2.05) is 12.1 Å². The van der Waals surface area contributed by atoms with Crippen molar-refractivity contribution in [2.24, 2.45) is 0 Å². The van der Waals surface area contributed by atoms with Gasteiger partial charge >= 0.3 is 0 Å². The van der Waals surface area contributed by atoms with Crippen LogP contribution in [0.3, 0.4) is 0 Å². The van der Waals surface area contributed by atoms with Crippen molar-refractivity contribution >= 4 is 46.0 Å². The van der Waals surface area contributed by atoms with Crippen LogP contribution < -0.4 is 10.9 Å². The van der Waals surface area contributed by atoms with E-state index in [4.69, 9.17) is 27.9 Å². The number of amides is 1. The normalized spacial score (nSPS) is 14.7. The summed E-state index contributed by atoms with van der Waals surface area (Å²) in [4.78, 5) is 34.6. The Morgan fingerprint density at radius 2 is 1.97 bits per heavy atom. The van der Waals surface area contributed by atoms with Gasteiger partial charge in [-0.3, -0.25) is 14.5 Å². The number of nitrogens with one attached hydrogen (secondary N) is 2. The zero-order chi connectivity index (χ0) is 21.1. The molecule has 0 atom stereocenters. The first-order chi connectivity index (χ1) is 14.5. The highest BCUT2D eigenvalue weighted by atomic mass is 35.5. The number of carbonyl (C=O) groups is 1. The van der Waals surface area contributed by atoms with Gasteiger partial charge in [-0.05, 0) is 36.2 Å². The summed E-state index contributed by atoms with van der Waals surface area (Å²) in [6.07, 6.45) is 0.774. The lowest BCUT2D eigenvalue weighted by molar-refractivity contribution is 0.0385. The van der Waals surface area contributed by atoms with Crippen LogP contribution in [0.4, 0.5) is 5.82 Å². The maximum Gasteiger partial charge on any atom is 0.291 e. The van der Waals surface area contributed by atoms with Gasteiger partial charge in [0.1, 0.15) is 0 Å². The minimum absolute atomic E-state index is 0.0580. The fourth-order valence-corrected chi connectivity index (χ4v) is 3.67. The number of aromatic amines is 1. The maximum atomic E-state index is 12.6. The minimum Gasteiger partial charge on any atom is -0.379 e. The Bertz CT molecular complexity index is 1140. The predicted molar refractivity (Wildman–Crippen MR) is 118 cm³/mol. The van der Waals surface area contributed by atoms with E-state index in [0.29, 0.717) is 16.1 Å². The first-order valence-electron chi connectivity index (χ1n) is 9.60. The van der Waals surface area contributed by atoms with Gasteiger partial charge in [0, 0.05) is 25.2 Å². The zero-order valence-electron chi connectivity index (χ0n) is 16.1. The number of H-pyrrole nitrogens is 1. The van der Waals surface area contributed by atoms with E-state index in [2.05, 4.69) is 20.2 Å². The highest BCUT2D eigenvalue weighted by Crippen LogP contribution is 2.23. The standard InChI is InChI=1S/C21H20Cl2N4O3/c22-15-5-4-14(12-16(15)23)20(28)26-19-21(29)24-17-3-1-2-13(18(17)25-19)6-7-27-8-10-30-11-9-27/h1-5,12H,6-11H2,(H,24,29)(H,25,26,28). The van der Waals surface area contributed by atoms with Crippen molar-refractivity contribution in [2.45, 2.75) is 6.42 Å². The molecule has 7 nitrogen and oxygen atoms in total. The van der Waals surface area contributed by atoms with E-state index < -0.39 is 11.5 Å². The topological polar surface area (TPSA) is 87.3 Å². The molecule has 0 bridgehead atoms. The molecule has 3 aromatic rings. The van der Waals surface area contributed by atoms with E-state index in [9.17, 15) is 9.59 Å². The van der Waals surface area contributed by atoms with Crippen LogP contribution in [0.1, 0.15) is 15.9 Å². The summed E-state index contributed by atoms with van der Waals surface area (Å²) in [5, 5.41) is 3.18. The summed E-state index contributed by atoms with van der Waals surface area (Å²) in [6, 6.07) is 10.2. The van der Waals surface area contributed by atoms with Gasteiger partial charge in [-0.2, -0.15) is 0 Å². The molecule has 1 saturated heterocycles. The first kappa shape index (κ1) is 20.8. The minimum atomic E-state index is -0.489. The van der Waals surface area contributed by atoms with Crippen molar-refractivity contribution in [2.75, 3.05) is 38.2 Å². The van der Waals surface area contributed by atoms with Gasteiger partial charge in [0.05, 0.1) is 34.3 Å². The third-order valence-corrected chi connectivity index (χ3v) is 5.76. The van der Waals surface area contributed by atoms with E-state index >= 15 is 0 Å². The van der Waals surface area contributed by atoms with E-state index in [1.165, 1.54) is 18.2 Å². The van der Waals surface area contributed by atoms with Crippen molar-refractivity contribution < 1.29 is 9.53 Å². The Kier molecular flexibility index (Phi) is 6.34. The molecule has 1 aromatic heterocycles. The summed E-state index contributed by atoms with van der Waals surface area (Å²) >= 11 is 11.9. The van der Waals surface area contributed by atoms with Crippen LogP contribution in [-0.4, -0.2) is 53.6 Å². The zero-order valence-corrected chi connectivity index (χ0v) is 17.6. The molecular weight excluding hydrogens is 427 g/mol. The van der Waals surface area contributed by atoms with Crippen LogP contribution in [0.5, 0.6) is 0 Å². The van der Waals surface area contributed by atoms with Gasteiger partial charge in [0.2, 0.25) is 0 Å². The van der Waals surface area contributed by atoms with Crippen molar-refractivity contribution in [1.82, 2.24) is 14.9 Å². The Hall–Kier alpha value is -2.45. The van der Waals surface area contributed by atoms with E-state index in [0.717, 1.165) is 44.8 Å². The molecule has 0 radical (unpaired) electrons. The molecule has 0 aliphatic carbocycles. The quantitative estimate of drug-likeness (QED) is 0.627. The van der Waals surface area contributed by atoms with E-state index in [1.54, 1.807) is 6.07 Å². The predicted octanol–water partition coefficient (Wildman–Crippen LogP) is 3.36. The lowest BCUT2D eigenvalue weighted by atomic mass is 10.1. The monoisotopic (exact) mass is 446 g/mol. The lowest BCUT2D eigenvalue weighted by Crippen LogP contribution is -2.37. The number of morpholine rings is 1. The Morgan fingerprint density at radius 3 is 2.73 bits per heavy atom. The molecule has 30 heavy (non-hydrogen) atoms. The maximum absolute atomic E-state index is 12.6. The molecule has 1 fully saturated rings. The average molecular weight is 447 g/mol. The summed E-state index contributed by atoms with van der Waals surface area (Å²) < 4.78 is 5.39. The molecule has 2 heterocycles. The molecule has 1 amide bonds. The van der Waals surface area contributed by atoms with Gasteiger partial charge in [0.25, 0.3) is 11.5 Å². The second-order valence-electron chi connectivity index (χ2n) is 7.01. The number of fused-ring (bicyclic) bond motifs is 1. The second kappa shape index (κ2) is 9.14. The number of rotatable bonds is 5. The van der Waals surface area contributed by atoms with Crippen LogP contribution in [0.2, 0.25) is 10.0 Å². The fraction of sp³-hybridized carbons (Fsp3) is 0.286. The number of ether oxygens (including phenoxy) is 1. The fourth-order valence-electron chi connectivity index (χ4n) is 3.38. The molecule has 0 spiro atoms. The van der Waals surface area contributed by atoms with Crippen molar-refractivity contribution in [3.63, 3.8) is 0 Å². The molecule has 4 rings (SSSR count). The highest BCUT2D eigenvalue weighted by molar-refractivity contribution is 6.42. The molecule has 2 N–H and O–H groups in total. The van der Waals surface area contributed by atoms with Gasteiger partial charge in [-0.1, -0.05) is 35.3 Å². The summed E-state index contributed by atoms with van der Waals surface area (Å²) in [6.45, 7) is 4.16. The average Bonchev–Trinajstić information content (AvgIpc) is 2.75. The summed E-state index contributed by atoms with van der Waals surface area (Å²) in [5.74, 6) is -0.547. The largest absolute Gasteiger partial charge is 0.379 e. The number of nitrogens with zero attached hydrogens (tertiary/aromatic N) is 2. The smallest absolute Gasteiger partial charge is 0.291 e. The van der Waals surface area contributed by atoms with Crippen molar-refractivity contribution in [3.8, 4) is 0 Å². The number of anilines is 1. The molecule has 9 heteroatoms. The highest BCUT2D eigenvalue weighted by Gasteiger charge is 2.15. The van der Waals surface area contributed by atoms with Crippen LogP contribution in [0.25, 0.3) is 11.0 Å². The Labute approximate surface area is 183 Å². The third kappa shape index (κ3) is 4.65. The lowest BCUT2D eigenvalue weighted by Gasteiger charge is -2.26. The third-order valence-electron chi connectivity index (χ3n) is 5.02. The van der Waals surface area contributed by atoms with Crippen molar-refractivity contribution in [3.05, 3.63) is 67.9 Å². The number of benzene rings is 2. The SMILES string of the molecule is O=C(Nc1nc2c(CCN3CCOCC3)cccc2[nH]c1=O)c1ccc(Cl)c(Cl)c1. The Balaban J connectivity index is 1.58. The van der Waals surface area contributed by atoms with Crippen LogP contribution in [0.15, 0.2) is 41.2 Å². The summed E-state index contributed by atoms with van der Waals surface area (Å²) in [5.41, 5.74) is 2.11. The number of halogens is 2. The molecule has 1 aliphatic heterocycles. The van der Waals surface area contributed by atoms with Crippen LogP contribution in [0, 0.1) is 0 Å². The number of para-hydroxylation sites is 1. The second-order valence-corrected chi connectivity index (χ2v) is 7.83. The number of aromatic nitrogens is 2. The van der Waals surface area contributed by atoms with Gasteiger partial charge in [0.15, 0.2) is 5.82 Å². The number of hydrogen-bond acceptors (Lipinski definition) is 5. The molecule has 0 unspecified atom stereocenters. The van der Waals surface area contributed by atoms with E-state index in [-0.39, 0.29) is 16.4 Å². The van der Waals surface area contributed by atoms with Crippen LogP contribution in [-0.2, 0) is 11.2 Å². The molecule has 2 aromatic carbocycles. The van der Waals surface area contributed by atoms with Gasteiger partial charge in [-0.15, -0.1) is 0 Å². The van der Waals surface area contributed by atoms with Crippen LogP contribution >= 0.6 is 23.2 Å². The first-order valence-corrected chi connectivity index (χ1v) is 10.4. The molecule has 0 saturated carbocycles. The molecular formula is C21H20Cl2N4O3. The number of carbonyl (C=O) groups excluding carboxylic acids is 1. The summed E-state index contributed by atoms with van der Waals surface area (Å²) in [7, 11) is 0. The van der Waals surface area contributed by atoms with Crippen molar-refractivity contribution in [1.29, 1.82) is 0 Å². The van der Waals surface area contributed by atoms with Gasteiger partial charge < -0.3 is 15.0 Å². The Morgan fingerprint density at radius 1 is 1.17 bits per heavy atom. The molecule has 1 aliphatic rings. The van der Waals surface area contributed by atoms with Gasteiger partial charge in [-0.25, -0.2) is 4.98 Å².